The van der Waals surface area contributed by atoms with Crippen LogP contribution in [0.5, 0.6) is 0 Å². The van der Waals surface area contributed by atoms with E-state index >= 15 is 0 Å². The van der Waals surface area contributed by atoms with Crippen molar-refractivity contribution < 1.29 is 24.6 Å². The Hall–Kier alpha value is -1.67. The third kappa shape index (κ3) is 10.6. The number of amides is 1. The number of carboxylic acid groups (broad SMARTS) is 2. The predicted molar refractivity (Wildman–Crippen MR) is 85.4 cm³/mol. The molecule has 3 unspecified atom stereocenters. The van der Waals surface area contributed by atoms with E-state index in [1.165, 1.54) is 0 Å². The number of carboxylic acids is 2. The van der Waals surface area contributed by atoms with Gasteiger partial charge in [-0.25, -0.2) is 0 Å². The van der Waals surface area contributed by atoms with Crippen LogP contribution in [-0.4, -0.2) is 40.6 Å². The second-order valence-corrected chi connectivity index (χ2v) is 5.92. The van der Waals surface area contributed by atoms with Gasteiger partial charge in [0.25, 0.3) is 0 Å². The highest BCUT2D eigenvalue weighted by atomic mass is 16.4. The molecule has 0 rings (SSSR count). The molecule has 8 N–H and O–H groups in total. The van der Waals surface area contributed by atoms with Gasteiger partial charge in [-0.15, -0.1) is 0 Å². The molecule has 0 heterocycles. The van der Waals surface area contributed by atoms with E-state index in [-0.39, 0.29) is 18.9 Å². The van der Waals surface area contributed by atoms with E-state index in [1.54, 1.807) is 0 Å². The summed E-state index contributed by atoms with van der Waals surface area (Å²) in [5.74, 6) is -3.39. The molecule has 0 saturated heterocycles. The molecule has 1 amide bonds. The number of hydrogen-bond donors (Lipinski definition) is 5. The van der Waals surface area contributed by atoms with Gasteiger partial charge in [-0.05, 0) is 32.1 Å². The van der Waals surface area contributed by atoms with Crippen LogP contribution in [0.3, 0.4) is 0 Å². The first-order valence-electron chi connectivity index (χ1n) is 7.97. The molecular formula is C15H29N3O5. The van der Waals surface area contributed by atoms with E-state index in [0.29, 0.717) is 45.1 Å². The summed E-state index contributed by atoms with van der Waals surface area (Å²) in [4.78, 5) is 33.1. The maximum atomic E-state index is 11.3. The Morgan fingerprint density at radius 1 is 0.870 bits per heavy atom. The highest BCUT2D eigenvalue weighted by molar-refractivity contribution is 5.77. The van der Waals surface area contributed by atoms with Crippen molar-refractivity contribution >= 4 is 17.8 Å². The fourth-order valence-corrected chi connectivity index (χ4v) is 2.47. The number of rotatable bonds is 14. The first-order chi connectivity index (χ1) is 10.8. The fourth-order valence-electron chi connectivity index (χ4n) is 2.47. The lowest BCUT2D eigenvalue weighted by atomic mass is 9.90. The van der Waals surface area contributed by atoms with Gasteiger partial charge in [0, 0.05) is 24.9 Å². The minimum atomic E-state index is -0.976. The summed E-state index contributed by atoms with van der Waals surface area (Å²) < 4.78 is 0. The van der Waals surface area contributed by atoms with Crippen LogP contribution >= 0.6 is 0 Å². The first-order valence-corrected chi connectivity index (χ1v) is 7.97. The van der Waals surface area contributed by atoms with Crippen molar-refractivity contribution in [3.63, 3.8) is 0 Å². The van der Waals surface area contributed by atoms with Crippen molar-refractivity contribution in [2.24, 2.45) is 29.0 Å². The average molecular weight is 331 g/mol. The van der Waals surface area contributed by atoms with Gasteiger partial charge in [0.1, 0.15) is 0 Å². The zero-order valence-electron chi connectivity index (χ0n) is 13.4. The molecule has 0 aliphatic heterocycles. The summed E-state index contributed by atoms with van der Waals surface area (Å²) in [6, 6.07) is -0.111. The number of hydrogen-bond acceptors (Lipinski definition) is 5. The fraction of sp³-hybridized carbons (Fsp3) is 0.800. The monoisotopic (exact) mass is 331 g/mol. The molecule has 8 heteroatoms. The molecule has 134 valence electrons. The molecular weight excluding hydrogens is 302 g/mol. The quantitative estimate of drug-likeness (QED) is 0.304. The van der Waals surface area contributed by atoms with Crippen molar-refractivity contribution in [3.8, 4) is 0 Å². The molecule has 0 aromatic carbocycles. The topological polar surface area (TPSA) is 170 Å². The summed E-state index contributed by atoms with van der Waals surface area (Å²) in [5, 5.41) is 17.9. The average Bonchev–Trinajstić information content (AvgIpc) is 2.47. The normalized spacial score (nSPS) is 14.9. The van der Waals surface area contributed by atoms with Crippen LogP contribution in [0.15, 0.2) is 0 Å². The molecule has 0 spiro atoms. The van der Waals surface area contributed by atoms with Crippen LogP contribution in [0.25, 0.3) is 0 Å². The summed E-state index contributed by atoms with van der Waals surface area (Å²) in [6.07, 6.45) is 3.32. The van der Waals surface area contributed by atoms with Gasteiger partial charge in [0.05, 0.1) is 5.92 Å². The van der Waals surface area contributed by atoms with Gasteiger partial charge in [0.2, 0.25) is 5.91 Å². The van der Waals surface area contributed by atoms with Gasteiger partial charge in [-0.2, -0.15) is 0 Å². The number of carbonyl (C=O) groups is 3. The Kier molecular flexibility index (Phi) is 11.0. The molecule has 3 atom stereocenters. The van der Waals surface area contributed by atoms with Crippen LogP contribution < -0.4 is 17.2 Å². The standard InChI is InChI=1S/C15H29N3O5/c16-9-12(17)6-2-5-11(15(22)23)4-1-3-10(14(18)21)7-8-13(19)20/h10-12H,1-9,16-17H2,(H2,18,21)(H,19,20)(H,22,23). The van der Waals surface area contributed by atoms with Crippen LogP contribution in [0.4, 0.5) is 0 Å². The van der Waals surface area contributed by atoms with E-state index in [1.807, 2.05) is 0 Å². The maximum absolute atomic E-state index is 11.3. The Morgan fingerprint density at radius 3 is 1.83 bits per heavy atom. The summed E-state index contributed by atoms with van der Waals surface area (Å²) in [5.41, 5.74) is 16.4. The van der Waals surface area contributed by atoms with Gasteiger partial charge in [0.15, 0.2) is 0 Å². The summed E-state index contributed by atoms with van der Waals surface area (Å²) in [6.45, 7) is 0.377. The second-order valence-electron chi connectivity index (χ2n) is 5.92. The Bertz CT molecular complexity index is 389. The lowest BCUT2D eigenvalue weighted by molar-refractivity contribution is -0.142. The van der Waals surface area contributed by atoms with Crippen molar-refractivity contribution in [1.82, 2.24) is 0 Å². The lowest BCUT2D eigenvalue weighted by Gasteiger charge is -2.16. The molecule has 0 aromatic rings. The maximum Gasteiger partial charge on any atom is 0.306 e. The lowest BCUT2D eigenvalue weighted by Crippen LogP contribution is -2.29. The van der Waals surface area contributed by atoms with E-state index in [4.69, 9.17) is 22.3 Å². The van der Waals surface area contributed by atoms with Crippen LogP contribution in [0.2, 0.25) is 0 Å². The predicted octanol–water partition coefficient (Wildman–Crippen LogP) is 0.280. The van der Waals surface area contributed by atoms with Gasteiger partial charge in [-0.1, -0.05) is 12.8 Å². The highest BCUT2D eigenvalue weighted by Crippen LogP contribution is 2.21. The minimum absolute atomic E-state index is 0.111. The smallest absolute Gasteiger partial charge is 0.306 e. The third-order valence-corrected chi connectivity index (χ3v) is 3.99. The van der Waals surface area contributed by atoms with Crippen LogP contribution in [0, 0.1) is 11.8 Å². The summed E-state index contributed by atoms with van der Waals surface area (Å²) in [7, 11) is 0. The van der Waals surface area contributed by atoms with Crippen molar-refractivity contribution in [3.05, 3.63) is 0 Å². The van der Waals surface area contributed by atoms with E-state index in [2.05, 4.69) is 0 Å². The van der Waals surface area contributed by atoms with E-state index < -0.39 is 29.7 Å². The second kappa shape index (κ2) is 11.8. The van der Waals surface area contributed by atoms with Crippen LogP contribution in [-0.2, 0) is 14.4 Å². The molecule has 0 fully saturated rings. The van der Waals surface area contributed by atoms with Crippen molar-refractivity contribution in [2.45, 2.75) is 57.4 Å². The number of nitrogens with two attached hydrogens (primary N) is 3. The van der Waals surface area contributed by atoms with Crippen LogP contribution in [0.1, 0.15) is 51.4 Å². The van der Waals surface area contributed by atoms with E-state index in [9.17, 15) is 19.5 Å². The van der Waals surface area contributed by atoms with Gasteiger partial charge < -0.3 is 27.4 Å². The highest BCUT2D eigenvalue weighted by Gasteiger charge is 2.20. The molecule has 0 saturated carbocycles. The zero-order valence-corrected chi connectivity index (χ0v) is 13.4. The van der Waals surface area contributed by atoms with Gasteiger partial charge >= 0.3 is 11.9 Å². The summed E-state index contributed by atoms with van der Waals surface area (Å²) >= 11 is 0. The number of carbonyl (C=O) groups excluding carboxylic acids is 1. The largest absolute Gasteiger partial charge is 0.481 e. The molecule has 8 nitrogen and oxygen atoms in total. The Morgan fingerprint density at radius 2 is 1.39 bits per heavy atom. The first kappa shape index (κ1) is 21.3. The minimum Gasteiger partial charge on any atom is -0.481 e. The Labute approximate surface area is 136 Å². The number of primary amides is 1. The SMILES string of the molecule is NCC(N)CCCC(CCCC(CCC(=O)O)C(N)=O)C(=O)O. The molecule has 23 heavy (non-hydrogen) atoms. The molecule has 0 aromatic heterocycles. The zero-order chi connectivity index (χ0) is 17.8. The van der Waals surface area contributed by atoms with Crippen molar-refractivity contribution in [1.29, 1.82) is 0 Å². The van der Waals surface area contributed by atoms with E-state index in [0.717, 1.165) is 0 Å². The van der Waals surface area contributed by atoms with Gasteiger partial charge in [-0.3, -0.25) is 14.4 Å². The number of aliphatic carboxylic acids is 2. The molecule has 0 bridgehead atoms. The molecule has 0 aliphatic carbocycles. The van der Waals surface area contributed by atoms with Crippen molar-refractivity contribution in [2.75, 3.05) is 6.54 Å². The Balaban J connectivity index is 4.20. The third-order valence-electron chi connectivity index (χ3n) is 3.99. The molecule has 0 radical (unpaired) electrons. The molecule has 0 aliphatic rings.